The van der Waals surface area contributed by atoms with E-state index in [0.717, 1.165) is 54.4 Å². The number of anilines is 1. The first-order valence-electron chi connectivity index (χ1n) is 9.83. The Kier molecular flexibility index (Phi) is 9.43. The Labute approximate surface area is 191 Å². The van der Waals surface area contributed by atoms with E-state index in [1.807, 2.05) is 25.2 Å². The molecule has 1 aromatic rings. The van der Waals surface area contributed by atoms with Gasteiger partial charge < -0.3 is 25.2 Å². The lowest BCUT2D eigenvalue weighted by Gasteiger charge is -2.29. The molecular weight excluding hydrogens is 489 g/mol. The van der Waals surface area contributed by atoms with E-state index in [4.69, 9.17) is 16.3 Å². The molecule has 0 spiro atoms. The summed E-state index contributed by atoms with van der Waals surface area (Å²) in [7, 11) is 5.74. The zero-order valence-electron chi connectivity index (χ0n) is 17.1. The van der Waals surface area contributed by atoms with Crippen molar-refractivity contribution in [2.24, 2.45) is 10.9 Å². The fourth-order valence-corrected chi connectivity index (χ4v) is 4.07. The molecule has 2 N–H and O–H groups in total. The smallest absolute Gasteiger partial charge is 0.191 e. The fourth-order valence-electron chi connectivity index (χ4n) is 3.90. The van der Waals surface area contributed by atoms with E-state index in [1.165, 1.54) is 25.9 Å². The second kappa shape index (κ2) is 11.3. The van der Waals surface area contributed by atoms with Crippen LogP contribution in [-0.4, -0.2) is 70.8 Å². The Morgan fingerprint density at radius 2 is 2.00 bits per heavy atom. The van der Waals surface area contributed by atoms with Crippen molar-refractivity contribution >= 4 is 47.2 Å². The number of halogens is 2. The van der Waals surface area contributed by atoms with Crippen LogP contribution in [0.1, 0.15) is 19.3 Å². The molecule has 2 heterocycles. The number of hydrogen-bond donors (Lipinski definition) is 2. The SMILES string of the molecule is CN=C(NCC1CCN(C)CC1)NC1CCN(c2cc(Cl)ccc2OC)C1.I. The minimum atomic E-state index is 0. The summed E-state index contributed by atoms with van der Waals surface area (Å²) in [5, 5.41) is 7.84. The number of likely N-dealkylation sites (tertiary alicyclic amines) is 1. The van der Waals surface area contributed by atoms with Crippen LogP contribution in [0.4, 0.5) is 5.69 Å². The van der Waals surface area contributed by atoms with Crippen molar-refractivity contribution in [2.45, 2.75) is 25.3 Å². The molecule has 0 amide bonds. The fraction of sp³-hybridized carbons (Fsp3) is 0.650. The highest BCUT2D eigenvalue weighted by Gasteiger charge is 2.26. The molecule has 1 unspecified atom stereocenters. The van der Waals surface area contributed by atoms with Gasteiger partial charge in [0.1, 0.15) is 5.75 Å². The number of hydrogen-bond acceptors (Lipinski definition) is 4. The molecule has 2 saturated heterocycles. The molecule has 2 aliphatic rings. The van der Waals surface area contributed by atoms with E-state index in [-0.39, 0.29) is 24.0 Å². The Hall–Kier alpha value is -0.930. The van der Waals surface area contributed by atoms with Crippen molar-refractivity contribution in [3.63, 3.8) is 0 Å². The number of methoxy groups -OCH3 is 1. The predicted molar refractivity (Wildman–Crippen MR) is 129 cm³/mol. The maximum atomic E-state index is 6.19. The minimum absolute atomic E-state index is 0. The van der Waals surface area contributed by atoms with Gasteiger partial charge in [0, 0.05) is 37.7 Å². The summed E-state index contributed by atoms with van der Waals surface area (Å²) in [4.78, 5) is 9.15. The standard InChI is InChI=1S/C20H32ClN5O.HI/c1-22-20(23-13-15-6-9-25(2)10-7-15)24-17-8-11-26(14-17)18-12-16(21)4-5-19(18)27-3;/h4-5,12,15,17H,6-11,13-14H2,1-3H3,(H2,22,23,24);1H. The second-order valence-corrected chi connectivity index (χ2v) is 8.03. The molecule has 8 heteroatoms. The van der Waals surface area contributed by atoms with E-state index in [1.54, 1.807) is 7.11 Å². The van der Waals surface area contributed by atoms with E-state index < -0.39 is 0 Å². The number of nitrogens with zero attached hydrogens (tertiary/aromatic N) is 3. The first-order valence-corrected chi connectivity index (χ1v) is 10.2. The van der Waals surface area contributed by atoms with Crippen LogP contribution in [0.2, 0.25) is 5.02 Å². The van der Waals surface area contributed by atoms with Gasteiger partial charge in [0.15, 0.2) is 5.96 Å². The topological polar surface area (TPSA) is 52.1 Å². The Balaban J connectivity index is 0.00000280. The number of aliphatic imine (C=N–C) groups is 1. The third kappa shape index (κ3) is 6.29. The van der Waals surface area contributed by atoms with Gasteiger partial charge in [0.25, 0.3) is 0 Å². The minimum Gasteiger partial charge on any atom is -0.495 e. The zero-order chi connectivity index (χ0) is 19.2. The molecule has 28 heavy (non-hydrogen) atoms. The third-order valence-electron chi connectivity index (χ3n) is 5.63. The molecule has 2 aliphatic heterocycles. The maximum Gasteiger partial charge on any atom is 0.191 e. The monoisotopic (exact) mass is 521 g/mol. The zero-order valence-corrected chi connectivity index (χ0v) is 20.2. The first-order chi connectivity index (χ1) is 13.1. The van der Waals surface area contributed by atoms with Gasteiger partial charge in [-0.25, -0.2) is 0 Å². The molecule has 2 fully saturated rings. The summed E-state index contributed by atoms with van der Waals surface area (Å²) in [6.07, 6.45) is 3.57. The normalized spacial score (nSPS) is 21.4. The number of benzene rings is 1. The Bertz CT molecular complexity index is 651. The molecule has 0 saturated carbocycles. The van der Waals surface area contributed by atoms with E-state index in [2.05, 4.69) is 32.5 Å². The van der Waals surface area contributed by atoms with E-state index >= 15 is 0 Å². The average Bonchev–Trinajstić information content (AvgIpc) is 3.14. The highest BCUT2D eigenvalue weighted by atomic mass is 127. The van der Waals surface area contributed by atoms with E-state index in [9.17, 15) is 0 Å². The van der Waals surface area contributed by atoms with Gasteiger partial charge in [0.2, 0.25) is 0 Å². The molecular formula is C20H33ClIN5O. The molecule has 0 aliphatic carbocycles. The van der Waals surface area contributed by atoms with Crippen LogP contribution in [0.15, 0.2) is 23.2 Å². The van der Waals surface area contributed by atoms with Gasteiger partial charge in [0.05, 0.1) is 12.8 Å². The number of piperidine rings is 1. The van der Waals surface area contributed by atoms with Crippen LogP contribution in [0.25, 0.3) is 0 Å². The highest BCUT2D eigenvalue weighted by molar-refractivity contribution is 14.0. The highest BCUT2D eigenvalue weighted by Crippen LogP contribution is 2.33. The van der Waals surface area contributed by atoms with Crippen LogP contribution in [-0.2, 0) is 0 Å². The molecule has 1 aromatic carbocycles. The Morgan fingerprint density at radius 3 is 2.68 bits per heavy atom. The second-order valence-electron chi connectivity index (χ2n) is 7.59. The molecule has 1 atom stereocenters. The Morgan fingerprint density at radius 1 is 1.25 bits per heavy atom. The molecule has 6 nitrogen and oxygen atoms in total. The molecule has 3 rings (SSSR count). The van der Waals surface area contributed by atoms with Crippen molar-refractivity contribution in [1.29, 1.82) is 0 Å². The maximum absolute atomic E-state index is 6.19. The van der Waals surface area contributed by atoms with Crippen LogP contribution in [0, 0.1) is 5.92 Å². The van der Waals surface area contributed by atoms with Crippen molar-refractivity contribution in [3.05, 3.63) is 23.2 Å². The number of ether oxygens (including phenoxy) is 1. The van der Waals surface area contributed by atoms with Crippen LogP contribution in [0.3, 0.4) is 0 Å². The van der Waals surface area contributed by atoms with Gasteiger partial charge >= 0.3 is 0 Å². The van der Waals surface area contributed by atoms with Gasteiger partial charge in [-0.15, -0.1) is 24.0 Å². The summed E-state index contributed by atoms with van der Waals surface area (Å²) in [5.41, 5.74) is 1.06. The lowest BCUT2D eigenvalue weighted by atomic mass is 9.97. The summed E-state index contributed by atoms with van der Waals surface area (Å²) in [5.74, 6) is 2.50. The molecule has 0 aromatic heterocycles. The van der Waals surface area contributed by atoms with Gasteiger partial charge in [-0.1, -0.05) is 11.6 Å². The summed E-state index contributed by atoms with van der Waals surface area (Å²) in [6.45, 7) is 5.26. The van der Waals surface area contributed by atoms with Crippen LogP contribution in [0.5, 0.6) is 5.75 Å². The average molecular weight is 522 g/mol. The van der Waals surface area contributed by atoms with E-state index in [0.29, 0.717) is 6.04 Å². The van der Waals surface area contributed by atoms with Crippen molar-refractivity contribution < 1.29 is 4.74 Å². The van der Waals surface area contributed by atoms with Crippen LogP contribution < -0.4 is 20.3 Å². The number of guanidine groups is 1. The lowest BCUT2D eigenvalue weighted by molar-refractivity contribution is 0.220. The number of rotatable bonds is 5. The predicted octanol–water partition coefficient (Wildman–Crippen LogP) is 3.05. The quantitative estimate of drug-likeness (QED) is 0.354. The van der Waals surface area contributed by atoms with Gasteiger partial charge in [-0.05, 0) is 63.5 Å². The first kappa shape index (κ1) is 23.3. The largest absolute Gasteiger partial charge is 0.495 e. The number of nitrogens with one attached hydrogen (secondary N) is 2. The summed E-state index contributed by atoms with van der Waals surface area (Å²) >= 11 is 6.19. The van der Waals surface area contributed by atoms with Gasteiger partial charge in [-0.2, -0.15) is 0 Å². The van der Waals surface area contributed by atoms with Crippen molar-refractivity contribution in [1.82, 2.24) is 15.5 Å². The molecule has 0 radical (unpaired) electrons. The third-order valence-corrected chi connectivity index (χ3v) is 5.87. The van der Waals surface area contributed by atoms with Gasteiger partial charge in [-0.3, -0.25) is 4.99 Å². The summed E-state index contributed by atoms with van der Waals surface area (Å²) in [6, 6.07) is 6.14. The molecule has 158 valence electrons. The van der Waals surface area contributed by atoms with Crippen molar-refractivity contribution in [3.8, 4) is 5.75 Å². The summed E-state index contributed by atoms with van der Waals surface area (Å²) < 4.78 is 5.50. The molecule has 0 bridgehead atoms. The van der Waals surface area contributed by atoms with Crippen LogP contribution >= 0.6 is 35.6 Å². The van der Waals surface area contributed by atoms with Crippen molar-refractivity contribution in [2.75, 3.05) is 58.8 Å². The lowest BCUT2D eigenvalue weighted by Crippen LogP contribution is -2.46.